The molecule has 2 amide bonds. The van der Waals surface area contributed by atoms with Gasteiger partial charge in [0.05, 0.1) is 5.54 Å². The molecule has 1 saturated carbocycles. The van der Waals surface area contributed by atoms with Crippen molar-refractivity contribution in [3.63, 3.8) is 0 Å². The number of hydrogen-bond donors (Lipinski definition) is 0. The molecule has 0 aromatic heterocycles. The van der Waals surface area contributed by atoms with Crippen LogP contribution in [0.15, 0.2) is 53.5 Å². The largest absolute Gasteiger partial charge is 0.473 e. The summed E-state index contributed by atoms with van der Waals surface area (Å²) in [6.07, 6.45) is -4.03. The van der Waals surface area contributed by atoms with Gasteiger partial charge in [-0.25, -0.2) is 4.99 Å². The summed E-state index contributed by atoms with van der Waals surface area (Å²) in [5.74, 6) is -2.22. The summed E-state index contributed by atoms with van der Waals surface area (Å²) >= 11 is 0. The van der Waals surface area contributed by atoms with Crippen molar-refractivity contribution in [3.05, 3.63) is 70.8 Å². The Morgan fingerprint density at radius 1 is 1.06 bits per heavy atom. The lowest BCUT2D eigenvalue weighted by atomic mass is 9.92. The summed E-state index contributed by atoms with van der Waals surface area (Å²) in [6.45, 7) is 4.08. The maximum atomic E-state index is 13.5. The normalized spacial score (nSPS) is 24.5. The smallest absolute Gasteiger partial charge is 0.332 e. The molecule has 1 heterocycles. The molecule has 2 atom stereocenters. The Bertz CT molecular complexity index is 1040. The first-order valence-corrected chi connectivity index (χ1v) is 10.2. The zero-order valence-corrected chi connectivity index (χ0v) is 17.4. The SMILES string of the molecule is Cc1cc(C)cc(C(=O)N2CCC(=NC(=O)C(F)(F)F)C[C@]23C[C@@H]3c2ccccc2)c1. The first kappa shape index (κ1) is 21.3. The van der Waals surface area contributed by atoms with Crippen LogP contribution in [0.3, 0.4) is 0 Å². The van der Waals surface area contributed by atoms with Crippen LogP contribution in [0.1, 0.15) is 52.2 Å². The summed E-state index contributed by atoms with van der Waals surface area (Å²) in [5.41, 5.74) is 3.11. The van der Waals surface area contributed by atoms with Crippen molar-refractivity contribution < 1.29 is 22.8 Å². The van der Waals surface area contributed by atoms with Gasteiger partial charge in [0.1, 0.15) is 0 Å². The van der Waals surface area contributed by atoms with Gasteiger partial charge in [-0.3, -0.25) is 9.59 Å². The second-order valence-corrected chi connectivity index (χ2v) is 8.51. The molecule has 2 fully saturated rings. The Morgan fingerprint density at radius 2 is 1.71 bits per heavy atom. The van der Waals surface area contributed by atoms with E-state index in [1.54, 1.807) is 4.90 Å². The van der Waals surface area contributed by atoms with Crippen molar-refractivity contribution in [3.8, 4) is 0 Å². The van der Waals surface area contributed by atoms with Gasteiger partial charge in [0.2, 0.25) is 0 Å². The van der Waals surface area contributed by atoms with Gasteiger partial charge in [0.25, 0.3) is 5.91 Å². The standard InChI is InChI=1S/C24H23F3N2O2/c1-15-10-16(2)12-18(11-15)21(30)29-9-8-19(28-22(31)24(25,26)27)13-23(29)14-20(23)17-6-4-3-5-7-17/h3-7,10-12,20H,8-9,13-14H2,1-2H3/t20-,23-/m1/s1. The van der Waals surface area contributed by atoms with Crippen LogP contribution in [-0.2, 0) is 4.79 Å². The summed E-state index contributed by atoms with van der Waals surface area (Å²) in [4.78, 5) is 30.1. The van der Waals surface area contributed by atoms with E-state index in [0.717, 1.165) is 16.7 Å². The Morgan fingerprint density at radius 3 is 2.32 bits per heavy atom. The highest BCUT2D eigenvalue weighted by atomic mass is 19.4. The van der Waals surface area contributed by atoms with Crippen LogP contribution in [-0.4, -0.2) is 40.7 Å². The number of aliphatic imine (C=N–C) groups is 1. The van der Waals surface area contributed by atoms with Crippen molar-refractivity contribution in [2.45, 2.75) is 50.7 Å². The molecule has 2 aromatic rings. The molecule has 0 radical (unpaired) electrons. The van der Waals surface area contributed by atoms with Crippen molar-refractivity contribution in [1.29, 1.82) is 0 Å². The molecule has 1 aliphatic carbocycles. The molecule has 4 nitrogen and oxygen atoms in total. The fraction of sp³-hybridized carbons (Fsp3) is 0.375. The Balaban J connectivity index is 1.68. The topological polar surface area (TPSA) is 49.7 Å². The van der Waals surface area contributed by atoms with Crippen molar-refractivity contribution in [2.24, 2.45) is 4.99 Å². The maximum absolute atomic E-state index is 13.5. The average Bonchev–Trinajstić information content (AvgIpc) is 3.40. The van der Waals surface area contributed by atoms with Crippen LogP contribution in [0, 0.1) is 13.8 Å². The molecule has 2 aliphatic rings. The second kappa shape index (κ2) is 7.62. The van der Waals surface area contributed by atoms with Crippen molar-refractivity contribution in [2.75, 3.05) is 6.54 Å². The van der Waals surface area contributed by atoms with E-state index in [1.165, 1.54) is 0 Å². The molecular formula is C24H23F3N2O2. The number of alkyl halides is 3. The first-order chi connectivity index (χ1) is 14.6. The van der Waals surface area contributed by atoms with Crippen molar-refractivity contribution >= 4 is 17.5 Å². The summed E-state index contributed by atoms with van der Waals surface area (Å²) in [6, 6.07) is 15.3. The van der Waals surface area contributed by atoms with E-state index in [0.29, 0.717) is 12.0 Å². The number of piperidine rings is 1. The Kier molecular flexibility index (Phi) is 5.23. The van der Waals surface area contributed by atoms with Crippen LogP contribution >= 0.6 is 0 Å². The summed E-state index contributed by atoms with van der Waals surface area (Å²) in [7, 11) is 0. The van der Waals surface area contributed by atoms with Gasteiger partial charge in [0, 0.05) is 36.6 Å². The van der Waals surface area contributed by atoms with E-state index in [4.69, 9.17) is 0 Å². The summed E-state index contributed by atoms with van der Waals surface area (Å²) in [5, 5.41) is 0. The van der Waals surface area contributed by atoms with E-state index in [1.807, 2.05) is 62.4 Å². The van der Waals surface area contributed by atoms with Gasteiger partial charge in [-0.05, 0) is 38.0 Å². The third kappa shape index (κ3) is 4.13. The highest BCUT2D eigenvalue weighted by molar-refractivity contribution is 6.02. The van der Waals surface area contributed by atoms with Gasteiger partial charge in [0.15, 0.2) is 0 Å². The highest BCUT2D eigenvalue weighted by Crippen LogP contribution is 2.59. The molecule has 162 valence electrons. The van der Waals surface area contributed by atoms with E-state index in [-0.39, 0.29) is 36.9 Å². The molecular weight excluding hydrogens is 405 g/mol. The van der Waals surface area contributed by atoms with Gasteiger partial charge >= 0.3 is 12.1 Å². The number of rotatable bonds is 2. The zero-order chi connectivity index (χ0) is 22.4. The van der Waals surface area contributed by atoms with Crippen LogP contribution in [0.4, 0.5) is 13.2 Å². The molecule has 1 aliphatic heterocycles. The van der Waals surface area contributed by atoms with Crippen LogP contribution in [0.5, 0.6) is 0 Å². The second-order valence-electron chi connectivity index (χ2n) is 8.51. The number of carbonyl (C=O) groups excluding carboxylic acids is 2. The lowest BCUT2D eigenvalue weighted by Crippen LogP contribution is -2.49. The highest BCUT2D eigenvalue weighted by Gasteiger charge is 2.62. The number of aryl methyl sites for hydroxylation is 2. The van der Waals surface area contributed by atoms with Crippen LogP contribution < -0.4 is 0 Å². The molecule has 0 bridgehead atoms. The first-order valence-electron chi connectivity index (χ1n) is 10.2. The number of nitrogens with zero attached hydrogens (tertiary/aromatic N) is 2. The minimum atomic E-state index is -4.99. The number of amides is 2. The minimum Gasteiger partial charge on any atom is -0.332 e. The molecule has 7 heteroatoms. The predicted molar refractivity (Wildman–Crippen MR) is 111 cm³/mol. The monoisotopic (exact) mass is 428 g/mol. The number of benzene rings is 2. The predicted octanol–water partition coefficient (Wildman–Crippen LogP) is 5.00. The third-order valence-electron chi connectivity index (χ3n) is 6.14. The summed E-state index contributed by atoms with van der Waals surface area (Å²) < 4.78 is 38.2. The van der Waals surface area contributed by atoms with E-state index >= 15 is 0 Å². The minimum absolute atomic E-state index is 0.00459. The fourth-order valence-corrected chi connectivity index (χ4v) is 4.76. The van der Waals surface area contributed by atoms with Crippen molar-refractivity contribution in [1.82, 2.24) is 4.90 Å². The molecule has 1 saturated heterocycles. The number of halogens is 3. The van der Waals surface area contributed by atoms with E-state index < -0.39 is 17.6 Å². The molecule has 2 aromatic carbocycles. The lowest BCUT2D eigenvalue weighted by molar-refractivity contribution is -0.169. The molecule has 4 rings (SSSR count). The van der Waals surface area contributed by atoms with Gasteiger partial charge in [-0.1, -0.05) is 47.5 Å². The number of hydrogen-bond acceptors (Lipinski definition) is 2. The molecule has 0 N–H and O–H groups in total. The molecule has 31 heavy (non-hydrogen) atoms. The van der Waals surface area contributed by atoms with Crippen LogP contribution in [0.2, 0.25) is 0 Å². The number of likely N-dealkylation sites (tertiary alicyclic amines) is 1. The lowest BCUT2D eigenvalue weighted by Gasteiger charge is -2.38. The van der Waals surface area contributed by atoms with Gasteiger partial charge in [-0.15, -0.1) is 0 Å². The maximum Gasteiger partial charge on any atom is 0.473 e. The quantitative estimate of drug-likeness (QED) is 0.676. The number of carbonyl (C=O) groups is 2. The Hall–Kier alpha value is -2.96. The van der Waals surface area contributed by atoms with Gasteiger partial charge < -0.3 is 4.90 Å². The molecule has 1 spiro atoms. The Labute approximate surface area is 178 Å². The van der Waals surface area contributed by atoms with Gasteiger partial charge in [-0.2, -0.15) is 13.2 Å². The van der Waals surface area contributed by atoms with E-state index in [2.05, 4.69) is 4.99 Å². The fourth-order valence-electron chi connectivity index (χ4n) is 4.76. The third-order valence-corrected chi connectivity index (χ3v) is 6.14. The zero-order valence-electron chi connectivity index (χ0n) is 17.4. The van der Waals surface area contributed by atoms with E-state index in [9.17, 15) is 22.8 Å². The van der Waals surface area contributed by atoms with Crippen LogP contribution in [0.25, 0.3) is 0 Å². The average molecular weight is 428 g/mol. The molecule has 0 unspecified atom stereocenters.